The van der Waals surface area contributed by atoms with E-state index in [1.807, 2.05) is 0 Å². The Kier molecular flexibility index (Phi) is 5.95. The van der Waals surface area contributed by atoms with Crippen LogP contribution in [0.2, 0.25) is 0 Å². The maximum Gasteiger partial charge on any atom is 0.303 e. The average Bonchev–Trinajstić information content (AvgIpc) is 2.96. The number of hydrogen-bond acceptors (Lipinski definition) is 3. The number of aliphatic carboxylic acids is 1. The third-order valence-electron chi connectivity index (χ3n) is 3.84. The fourth-order valence-electron chi connectivity index (χ4n) is 2.53. The van der Waals surface area contributed by atoms with Gasteiger partial charge in [-0.15, -0.1) is 0 Å². The van der Waals surface area contributed by atoms with Crippen molar-refractivity contribution in [3.63, 3.8) is 0 Å². The van der Waals surface area contributed by atoms with E-state index in [1.54, 1.807) is 24.4 Å². The zero-order valence-corrected chi connectivity index (χ0v) is 13.4. The Balaban J connectivity index is 1.83. The molecule has 2 aromatic rings. The van der Waals surface area contributed by atoms with Crippen LogP contribution in [0, 0.1) is 5.41 Å². The molecule has 0 bridgehead atoms. The number of carbonyl (C=O) groups is 2. The summed E-state index contributed by atoms with van der Waals surface area (Å²) < 4.78 is 0. The van der Waals surface area contributed by atoms with E-state index in [9.17, 15) is 9.59 Å². The van der Waals surface area contributed by atoms with E-state index < -0.39 is 5.97 Å². The predicted octanol–water partition coefficient (Wildman–Crippen LogP) is 2.22. The van der Waals surface area contributed by atoms with Gasteiger partial charge in [-0.25, -0.2) is 0 Å². The smallest absolute Gasteiger partial charge is 0.303 e. The number of aromatic nitrogens is 1. The summed E-state index contributed by atoms with van der Waals surface area (Å²) in [7, 11) is 0. The molecule has 24 heavy (non-hydrogen) atoms. The SMILES string of the molecule is N=C(N)c1ccc2c(C(=O)NCCCCCCC(=O)O)c[nH]c2c1. The molecule has 1 amide bonds. The van der Waals surface area contributed by atoms with Crippen molar-refractivity contribution in [2.75, 3.05) is 6.54 Å². The number of carboxylic acid groups (broad SMARTS) is 1. The Morgan fingerprint density at radius 1 is 1.21 bits per heavy atom. The zero-order chi connectivity index (χ0) is 17.5. The summed E-state index contributed by atoms with van der Waals surface area (Å²) in [6.45, 7) is 0.560. The highest BCUT2D eigenvalue weighted by molar-refractivity contribution is 6.08. The molecule has 0 aliphatic heterocycles. The van der Waals surface area contributed by atoms with Crippen LogP contribution >= 0.6 is 0 Å². The predicted molar refractivity (Wildman–Crippen MR) is 92.4 cm³/mol. The van der Waals surface area contributed by atoms with Crippen LogP contribution in [-0.2, 0) is 4.79 Å². The molecular formula is C17H22N4O3. The highest BCUT2D eigenvalue weighted by Gasteiger charge is 2.12. The Labute approximate surface area is 139 Å². The van der Waals surface area contributed by atoms with E-state index in [2.05, 4.69) is 10.3 Å². The van der Waals surface area contributed by atoms with E-state index in [1.165, 1.54) is 0 Å². The Morgan fingerprint density at radius 2 is 1.96 bits per heavy atom. The first-order valence-corrected chi connectivity index (χ1v) is 7.94. The molecule has 0 fully saturated rings. The van der Waals surface area contributed by atoms with Crippen molar-refractivity contribution >= 4 is 28.6 Å². The third kappa shape index (κ3) is 4.58. The van der Waals surface area contributed by atoms with Crippen LogP contribution in [0.1, 0.15) is 48.0 Å². The lowest BCUT2D eigenvalue weighted by atomic mass is 10.1. The number of unbranched alkanes of at least 4 members (excludes halogenated alkanes) is 3. The first kappa shape index (κ1) is 17.5. The summed E-state index contributed by atoms with van der Waals surface area (Å²) in [5, 5.41) is 19.7. The number of nitrogens with two attached hydrogens (primary N) is 1. The van der Waals surface area contributed by atoms with Crippen LogP contribution < -0.4 is 11.1 Å². The van der Waals surface area contributed by atoms with Crippen LogP contribution in [0.25, 0.3) is 10.9 Å². The molecule has 0 saturated carbocycles. The molecule has 7 heteroatoms. The number of carbonyl (C=O) groups excluding carboxylic acids is 1. The second kappa shape index (κ2) is 8.14. The molecule has 7 nitrogen and oxygen atoms in total. The summed E-state index contributed by atoms with van der Waals surface area (Å²) >= 11 is 0. The summed E-state index contributed by atoms with van der Waals surface area (Å²) in [4.78, 5) is 25.7. The van der Waals surface area contributed by atoms with Gasteiger partial charge in [-0.3, -0.25) is 15.0 Å². The maximum absolute atomic E-state index is 12.2. The van der Waals surface area contributed by atoms with E-state index >= 15 is 0 Å². The topological polar surface area (TPSA) is 132 Å². The van der Waals surface area contributed by atoms with Gasteiger partial charge in [0.15, 0.2) is 0 Å². The number of fused-ring (bicyclic) bond motifs is 1. The molecule has 2 rings (SSSR count). The number of amidine groups is 1. The quantitative estimate of drug-likeness (QED) is 0.274. The Hall–Kier alpha value is -2.83. The van der Waals surface area contributed by atoms with Gasteiger partial charge in [0.05, 0.1) is 5.56 Å². The molecule has 128 valence electrons. The number of aromatic amines is 1. The number of rotatable bonds is 9. The molecule has 0 saturated heterocycles. The van der Waals surface area contributed by atoms with E-state index in [0.29, 0.717) is 24.1 Å². The summed E-state index contributed by atoms with van der Waals surface area (Å²) in [5.41, 5.74) is 7.40. The van der Waals surface area contributed by atoms with E-state index in [-0.39, 0.29) is 18.2 Å². The van der Waals surface area contributed by atoms with Crippen molar-refractivity contribution in [3.8, 4) is 0 Å². The Morgan fingerprint density at radius 3 is 2.67 bits per heavy atom. The second-order valence-corrected chi connectivity index (χ2v) is 5.69. The molecule has 1 aromatic heterocycles. The molecule has 1 aromatic carbocycles. The molecule has 0 atom stereocenters. The summed E-state index contributed by atoms with van der Waals surface area (Å²) in [6, 6.07) is 5.25. The van der Waals surface area contributed by atoms with Gasteiger partial charge in [0, 0.05) is 35.6 Å². The van der Waals surface area contributed by atoms with Crippen molar-refractivity contribution in [1.29, 1.82) is 5.41 Å². The van der Waals surface area contributed by atoms with E-state index in [4.69, 9.17) is 16.2 Å². The van der Waals surface area contributed by atoms with Gasteiger partial charge in [0.2, 0.25) is 0 Å². The average molecular weight is 330 g/mol. The molecule has 1 heterocycles. The lowest BCUT2D eigenvalue weighted by molar-refractivity contribution is -0.137. The van der Waals surface area contributed by atoms with Crippen molar-refractivity contribution in [2.45, 2.75) is 32.1 Å². The zero-order valence-electron chi connectivity index (χ0n) is 13.4. The summed E-state index contributed by atoms with van der Waals surface area (Å²) in [6.07, 6.45) is 5.08. The number of hydrogen-bond donors (Lipinski definition) is 5. The van der Waals surface area contributed by atoms with Gasteiger partial charge in [0.1, 0.15) is 5.84 Å². The highest BCUT2D eigenvalue weighted by atomic mass is 16.4. The van der Waals surface area contributed by atoms with Crippen molar-refractivity contribution in [2.24, 2.45) is 5.73 Å². The molecule has 0 unspecified atom stereocenters. The first-order valence-electron chi connectivity index (χ1n) is 7.94. The fraction of sp³-hybridized carbons (Fsp3) is 0.353. The summed E-state index contributed by atoms with van der Waals surface area (Å²) in [5.74, 6) is -0.932. The van der Waals surface area contributed by atoms with Gasteiger partial charge in [-0.05, 0) is 18.9 Å². The number of amides is 1. The second-order valence-electron chi connectivity index (χ2n) is 5.69. The number of nitrogens with one attached hydrogen (secondary N) is 3. The van der Waals surface area contributed by atoms with Gasteiger partial charge in [-0.1, -0.05) is 25.0 Å². The standard InChI is InChI=1S/C17H22N4O3/c18-16(19)11-6-7-12-13(10-21-14(12)9-11)17(24)20-8-4-2-1-3-5-15(22)23/h6-7,9-10,21H,1-5,8H2,(H3,18,19)(H,20,24)(H,22,23). The normalized spacial score (nSPS) is 10.7. The number of nitrogen functional groups attached to an aromatic ring is 1. The largest absolute Gasteiger partial charge is 0.481 e. The van der Waals surface area contributed by atoms with Crippen LogP contribution in [0.15, 0.2) is 24.4 Å². The van der Waals surface area contributed by atoms with E-state index in [0.717, 1.165) is 30.2 Å². The molecule has 0 aliphatic rings. The number of benzene rings is 1. The molecule has 0 spiro atoms. The maximum atomic E-state index is 12.2. The Bertz CT molecular complexity index is 751. The minimum atomic E-state index is -0.768. The van der Waals surface area contributed by atoms with Gasteiger partial charge >= 0.3 is 5.97 Å². The van der Waals surface area contributed by atoms with Gasteiger partial charge < -0.3 is 21.1 Å². The molecule has 6 N–H and O–H groups in total. The van der Waals surface area contributed by atoms with Crippen LogP contribution in [-0.4, -0.2) is 34.3 Å². The van der Waals surface area contributed by atoms with Crippen molar-refractivity contribution < 1.29 is 14.7 Å². The lowest BCUT2D eigenvalue weighted by Gasteiger charge is -2.05. The fourth-order valence-corrected chi connectivity index (χ4v) is 2.53. The minimum Gasteiger partial charge on any atom is -0.481 e. The number of H-pyrrole nitrogens is 1. The van der Waals surface area contributed by atoms with Crippen LogP contribution in [0.4, 0.5) is 0 Å². The van der Waals surface area contributed by atoms with Crippen molar-refractivity contribution in [1.82, 2.24) is 10.3 Å². The highest BCUT2D eigenvalue weighted by Crippen LogP contribution is 2.19. The van der Waals surface area contributed by atoms with Gasteiger partial charge in [0.25, 0.3) is 5.91 Å². The number of carboxylic acids is 1. The van der Waals surface area contributed by atoms with Gasteiger partial charge in [-0.2, -0.15) is 0 Å². The molecule has 0 radical (unpaired) electrons. The van der Waals surface area contributed by atoms with Crippen molar-refractivity contribution in [3.05, 3.63) is 35.5 Å². The monoisotopic (exact) mass is 330 g/mol. The van der Waals surface area contributed by atoms with Crippen LogP contribution in [0.5, 0.6) is 0 Å². The molecule has 0 aliphatic carbocycles. The molecular weight excluding hydrogens is 308 g/mol. The minimum absolute atomic E-state index is 0.0135. The lowest BCUT2D eigenvalue weighted by Crippen LogP contribution is -2.24. The first-order chi connectivity index (χ1) is 11.5. The van der Waals surface area contributed by atoms with Crippen LogP contribution in [0.3, 0.4) is 0 Å². The third-order valence-corrected chi connectivity index (χ3v) is 3.84.